The van der Waals surface area contributed by atoms with Crippen LogP contribution in [0.25, 0.3) is 0 Å². The standard InChI is InChI=1S/C10H11F4NO/c1-16-9-3-6(11)2-8(12)7(9)4-10(13,14)5-15/h2-3H,4-5,15H2,1H3. The van der Waals surface area contributed by atoms with Crippen LogP contribution in [0.15, 0.2) is 12.1 Å². The van der Waals surface area contributed by atoms with Crippen molar-refractivity contribution in [2.45, 2.75) is 12.3 Å². The molecule has 1 rings (SSSR count). The van der Waals surface area contributed by atoms with Gasteiger partial charge in [0.05, 0.1) is 13.7 Å². The zero-order chi connectivity index (χ0) is 12.3. The van der Waals surface area contributed by atoms with E-state index in [4.69, 9.17) is 5.73 Å². The summed E-state index contributed by atoms with van der Waals surface area (Å²) in [6, 6.07) is 1.38. The molecule has 0 aromatic heterocycles. The molecule has 0 unspecified atom stereocenters. The number of benzene rings is 1. The first-order valence-corrected chi connectivity index (χ1v) is 4.49. The SMILES string of the molecule is COc1cc(F)cc(F)c1CC(F)(F)CN. The van der Waals surface area contributed by atoms with Crippen LogP contribution in [0.3, 0.4) is 0 Å². The summed E-state index contributed by atoms with van der Waals surface area (Å²) in [5.41, 5.74) is 4.46. The Balaban J connectivity index is 3.12. The lowest BCUT2D eigenvalue weighted by Crippen LogP contribution is -2.30. The molecule has 2 nitrogen and oxygen atoms in total. The summed E-state index contributed by atoms with van der Waals surface area (Å²) in [5, 5.41) is 0. The molecular formula is C10H11F4NO. The molecule has 0 aliphatic heterocycles. The normalized spacial score (nSPS) is 11.6. The largest absolute Gasteiger partial charge is 0.496 e. The van der Waals surface area contributed by atoms with E-state index in [0.29, 0.717) is 6.07 Å². The lowest BCUT2D eigenvalue weighted by molar-refractivity contribution is 0.0101. The van der Waals surface area contributed by atoms with Crippen molar-refractivity contribution in [3.05, 3.63) is 29.3 Å². The molecule has 16 heavy (non-hydrogen) atoms. The zero-order valence-electron chi connectivity index (χ0n) is 8.57. The molecule has 1 aromatic rings. The van der Waals surface area contributed by atoms with Crippen molar-refractivity contribution in [1.29, 1.82) is 0 Å². The molecule has 0 aliphatic carbocycles. The molecule has 2 N–H and O–H groups in total. The minimum Gasteiger partial charge on any atom is -0.496 e. The quantitative estimate of drug-likeness (QED) is 0.814. The molecule has 0 fully saturated rings. The number of hydrogen-bond donors (Lipinski definition) is 1. The smallest absolute Gasteiger partial charge is 0.264 e. The van der Waals surface area contributed by atoms with Gasteiger partial charge >= 0.3 is 0 Å². The van der Waals surface area contributed by atoms with Crippen molar-refractivity contribution < 1.29 is 22.3 Å². The fourth-order valence-electron chi connectivity index (χ4n) is 1.26. The fourth-order valence-corrected chi connectivity index (χ4v) is 1.26. The number of hydrogen-bond acceptors (Lipinski definition) is 2. The van der Waals surface area contributed by atoms with E-state index in [-0.39, 0.29) is 11.3 Å². The summed E-state index contributed by atoms with van der Waals surface area (Å²) < 4.78 is 56.7. The molecule has 0 amide bonds. The van der Waals surface area contributed by atoms with Gasteiger partial charge in [0.2, 0.25) is 0 Å². The lowest BCUT2D eigenvalue weighted by Gasteiger charge is -2.16. The van der Waals surface area contributed by atoms with Gasteiger partial charge in [0.15, 0.2) is 0 Å². The van der Waals surface area contributed by atoms with Crippen LogP contribution in [0.5, 0.6) is 5.75 Å². The second-order valence-electron chi connectivity index (χ2n) is 3.31. The zero-order valence-corrected chi connectivity index (χ0v) is 8.57. The van der Waals surface area contributed by atoms with Crippen LogP contribution < -0.4 is 10.5 Å². The summed E-state index contributed by atoms with van der Waals surface area (Å²) in [4.78, 5) is 0. The maximum absolute atomic E-state index is 13.3. The Labute approximate surface area is 90.0 Å². The summed E-state index contributed by atoms with van der Waals surface area (Å²) in [5.74, 6) is -5.43. The predicted octanol–water partition coefficient (Wildman–Crippen LogP) is 2.11. The highest BCUT2D eigenvalue weighted by atomic mass is 19.3. The Morgan fingerprint density at radius 1 is 1.31 bits per heavy atom. The number of methoxy groups -OCH3 is 1. The highest BCUT2D eigenvalue weighted by molar-refractivity contribution is 5.36. The third-order valence-corrected chi connectivity index (χ3v) is 2.07. The van der Waals surface area contributed by atoms with E-state index in [2.05, 4.69) is 4.74 Å². The highest BCUT2D eigenvalue weighted by Crippen LogP contribution is 2.29. The van der Waals surface area contributed by atoms with Crippen LogP contribution in [0.4, 0.5) is 17.6 Å². The van der Waals surface area contributed by atoms with Gasteiger partial charge in [-0.25, -0.2) is 17.6 Å². The Bertz CT molecular complexity index is 381. The molecule has 6 heteroatoms. The summed E-state index contributed by atoms with van der Waals surface area (Å²) in [6.07, 6.45) is -0.918. The van der Waals surface area contributed by atoms with Crippen LogP contribution in [-0.2, 0) is 6.42 Å². The molecule has 0 atom stereocenters. The van der Waals surface area contributed by atoms with Crippen molar-refractivity contribution in [2.75, 3.05) is 13.7 Å². The van der Waals surface area contributed by atoms with E-state index < -0.39 is 30.5 Å². The van der Waals surface area contributed by atoms with E-state index in [1.807, 2.05) is 0 Å². The highest BCUT2D eigenvalue weighted by Gasteiger charge is 2.30. The van der Waals surface area contributed by atoms with Crippen molar-refractivity contribution in [1.82, 2.24) is 0 Å². The van der Waals surface area contributed by atoms with Gasteiger partial charge in [-0.2, -0.15) is 0 Å². The molecular weight excluding hydrogens is 226 g/mol. The van der Waals surface area contributed by atoms with Crippen molar-refractivity contribution >= 4 is 0 Å². The monoisotopic (exact) mass is 237 g/mol. The molecule has 90 valence electrons. The number of alkyl halides is 2. The number of nitrogens with two attached hydrogens (primary N) is 1. The van der Waals surface area contributed by atoms with E-state index in [1.165, 1.54) is 0 Å². The minimum atomic E-state index is -3.24. The van der Waals surface area contributed by atoms with Crippen molar-refractivity contribution in [3.63, 3.8) is 0 Å². The molecule has 1 aromatic carbocycles. The Morgan fingerprint density at radius 3 is 2.44 bits per heavy atom. The Hall–Kier alpha value is -1.30. The van der Waals surface area contributed by atoms with Crippen molar-refractivity contribution in [3.8, 4) is 5.75 Å². The summed E-state index contributed by atoms with van der Waals surface area (Å²) in [7, 11) is 1.15. The van der Waals surface area contributed by atoms with Crippen molar-refractivity contribution in [2.24, 2.45) is 5.73 Å². The van der Waals surface area contributed by atoms with Crippen LogP contribution in [0, 0.1) is 11.6 Å². The average Bonchev–Trinajstić information content (AvgIpc) is 2.21. The van der Waals surface area contributed by atoms with E-state index in [1.54, 1.807) is 0 Å². The Kier molecular flexibility index (Phi) is 3.74. The molecule has 0 bridgehead atoms. The van der Waals surface area contributed by atoms with Crippen LogP contribution >= 0.6 is 0 Å². The second kappa shape index (κ2) is 4.69. The third kappa shape index (κ3) is 2.85. The number of rotatable bonds is 4. The maximum Gasteiger partial charge on any atom is 0.264 e. The molecule has 0 spiro atoms. The maximum atomic E-state index is 13.3. The summed E-state index contributed by atoms with van der Waals surface area (Å²) >= 11 is 0. The lowest BCUT2D eigenvalue weighted by atomic mass is 10.1. The third-order valence-electron chi connectivity index (χ3n) is 2.07. The van der Waals surface area contributed by atoms with E-state index in [0.717, 1.165) is 13.2 Å². The molecule has 0 heterocycles. The number of ether oxygens (including phenoxy) is 1. The Morgan fingerprint density at radius 2 is 1.94 bits per heavy atom. The summed E-state index contributed by atoms with van der Waals surface area (Å²) in [6.45, 7) is -0.910. The van der Waals surface area contributed by atoms with E-state index in [9.17, 15) is 17.6 Å². The predicted molar refractivity (Wildman–Crippen MR) is 50.6 cm³/mol. The number of halogens is 4. The topological polar surface area (TPSA) is 35.2 Å². The van der Waals surface area contributed by atoms with Gasteiger partial charge in [-0.15, -0.1) is 0 Å². The van der Waals surface area contributed by atoms with Crippen LogP contribution in [0.2, 0.25) is 0 Å². The van der Waals surface area contributed by atoms with Gasteiger partial charge in [-0.05, 0) is 0 Å². The van der Waals surface area contributed by atoms with E-state index >= 15 is 0 Å². The second-order valence-corrected chi connectivity index (χ2v) is 3.31. The first-order valence-electron chi connectivity index (χ1n) is 4.49. The van der Waals surface area contributed by atoms with Gasteiger partial charge in [0.25, 0.3) is 5.92 Å². The molecule has 0 radical (unpaired) electrons. The fraction of sp³-hybridized carbons (Fsp3) is 0.400. The van der Waals surface area contributed by atoms with Crippen LogP contribution in [0.1, 0.15) is 5.56 Å². The van der Waals surface area contributed by atoms with Crippen LogP contribution in [-0.4, -0.2) is 19.6 Å². The molecule has 0 saturated carbocycles. The van der Waals surface area contributed by atoms with Gasteiger partial charge in [-0.3, -0.25) is 0 Å². The minimum absolute atomic E-state index is 0.245. The average molecular weight is 237 g/mol. The first-order chi connectivity index (χ1) is 7.39. The van der Waals surface area contributed by atoms with Gasteiger partial charge in [0, 0.05) is 24.1 Å². The molecule has 0 saturated heterocycles. The van der Waals surface area contributed by atoms with Gasteiger partial charge in [-0.1, -0.05) is 0 Å². The first kappa shape index (κ1) is 12.8. The van der Waals surface area contributed by atoms with Gasteiger partial charge in [0.1, 0.15) is 17.4 Å². The molecule has 0 aliphatic rings. The van der Waals surface area contributed by atoms with Gasteiger partial charge < -0.3 is 10.5 Å².